The van der Waals surface area contributed by atoms with Crippen molar-refractivity contribution in [2.75, 3.05) is 11.8 Å². The minimum Gasteiger partial charge on any atom is -0.497 e. The Morgan fingerprint density at radius 1 is 1.06 bits per heavy atom. The minimum absolute atomic E-state index is 0. The van der Waals surface area contributed by atoms with Crippen LogP contribution < -0.4 is 9.46 Å². The van der Waals surface area contributed by atoms with Gasteiger partial charge in [0.15, 0.2) is 0 Å². The zero-order valence-corrected chi connectivity index (χ0v) is 19.1. The number of rotatable bonds is 8. The Hall–Kier alpha value is -2.80. The summed E-state index contributed by atoms with van der Waals surface area (Å²) in [6.45, 7) is 3.71. The highest BCUT2D eigenvalue weighted by atomic mass is 35.5. The Balaban J connectivity index is 0.00000341. The molecule has 0 amide bonds. The maximum Gasteiger partial charge on any atom is 0.243 e. The highest BCUT2D eigenvalue weighted by Crippen LogP contribution is 2.29. The number of benzene rings is 2. The van der Waals surface area contributed by atoms with Crippen molar-refractivity contribution in [3.8, 4) is 5.75 Å². The van der Waals surface area contributed by atoms with E-state index in [1.807, 2.05) is 18.2 Å². The average molecular weight is 477 g/mol. The molecule has 3 rings (SSSR count). The van der Waals surface area contributed by atoms with E-state index < -0.39 is 15.3 Å². The van der Waals surface area contributed by atoms with Crippen LogP contribution in [0.2, 0.25) is 5.02 Å². The van der Waals surface area contributed by atoms with E-state index in [9.17, 15) is 8.42 Å². The Labute approximate surface area is 193 Å². The molecule has 1 N–H and O–H groups in total. The quantitative estimate of drug-likeness (QED) is 0.404. The Kier molecular flexibility index (Phi) is 8.68. The van der Waals surface area contributed by atoms with Crippen LogP contribution in [0.4, 0.5) is 5.69 Å². The van der Waals surface area contributed by atoms with Crippen molar-refractivity contribution in [1.82, 2.24) is 4.98 Å². The van der Waals surface area contributed by atoms with E-state index in [0.717, 1.165) is 5.56 Å². The number of hydrogen-bond donors (Lipinski definition) is 1. The van der Waals surface area contributed by atoms with Gasteiger partial charge >= 0.3 is 0 Å². The third kappa shape index (κ3) is 6.10. The number of hydrogen-bond acceptors (Lipinski definition) is 4. The number of anilines is 1. The number of pyridine rings is 1. The molecular formula is C23H22Cl2N2O3S. The van der Waals surface area contributed by atoms with Crippen LogP contribution in [0.5, 0.6) is 5.75 Å². The largest absolute Gasteiger partial charge is 0.497 e. The molecule has 0 aliphatic carbocycles. The van der Waals surface area contributed by atoms with E-state index in [1.54, 1.807) is 68.0 Å². The van der Waals surface area contributed by atoms with Gasteiger partial charge in [0.1, 0.15) is 11.0 Å². The topological polar surface area (TPSA) is 68.3 Å². The van der Waals surface area contributed by atoms with Crippen LogP contribution in [0.1, 0.15) is 21.9 Å². The summed E-state index contributed by atoms with van der Waals surface area (Å²) in [5, 5.41) is -0.409. The predicted molar refractivity (Wildman–Crippen MR) is 130 cm³/mol. The van der Waals surface area contributed by atoms with Crippen LogP contribution in [-0.4, -0.2) is 20.5 Å². The molecule has 1 aromatic heterocycles. The molecule has 3 aromatic rings. The van der Waals surface area contributed by atoms with Crippen LogP contribution in [0.25, 0.3) is 12.2 Å². The maximum atomic E-state index is 13.1. The molecule has 5 nitrogen and oxygen atoms in total. The van der Waals surface area contributed by atoms with Gasteiger partial charge in [-0.2, -0.15) is 0 Å². The Morgan fingerprint density at radius 3 is 2.39 bits per heavy atom. The molecule has 2 aromatic carbocycles. The first-order valence-electron chi connectivity index (χ1n) is 9.09. The van der Waals surface area contributed by atoms with E-state index in [2.05, 4.69) is 16.3 Å². The van der Waals surface area contributed by atoms with Gasteiger partial charge in [-0.15, -0.1) is 19.0 Å². The second-order valence-electron chi connectivity index (χ2n) is 6.39. The lowest BCUT2D eigenvalue weighted by Crippen LogP contribution is -2.20. The number of para-hydroxylation sites is 1. The molecule has 0 fully saturated rings. The van der Waals surface area contributed by atoms with Gasteiger partial charge in [0.25, 0.3) is 0 Å². The van der Waals surface area contributed by atoms with Crippen molar-refractivity contribution in [2.24, 2.45) is 0 Å². The zero-order chi connectivity index (χ0) is 21.6. The first-order chi connectivity index (χ1) is 14.4. The van der Waals surface area contributed by atoms with E-state index >= 15 is 0 Å². The summed E-state index contributed by atoms with van der Waals surface area (Å²) in [5.74, 6) is 0.650. The fourth-order valence-corrected chi connectivity index (χ4v) is 4.46. The number of halogens is 2. The zero-order valence-electron chi connectivity index (χ0n) is 16.7. The van der Waals surface area contributed by atoms with Crippen LogP contribution in [0.15, 0.2) is 79.6 Å². The predicted octanol–water partition coefficient (Wildman–Crippen LogP) is 6.00. The number of sulfonamides is 1. The van der Waals surface area contributed by atoms with Crippen LogP contribution in [0, 0.1) is 0 Å². The van der Waals surface area contributed by atoms with Crippen molar-refractivity contribution in [3.63, 3.8) is 0 Å². The van der Waals surface area contributed by atoms with E-state index in [1.165, 1.54) is 6.08 Å². The van der Waals surface area contributed by atoms with E-state index in [4.69, 9.17) is 16.3 Å². The van der Waals surface area contributed by atoms with Gasteiger partial charge in [-0.25, -0.2) is 8.42 Å². The normalized spacial score (nSPS) is 12.1. The summed E-state index contributed by atoms with van der Waals surface area (Å²) in [5.41, 5.74) is 2.53. The SMILES string of the molecule is C=CC(c1ccc(OC)cc1)S(=O)(=O)Nc1ccccc1C=Cc1ccncc1Cl.Cl. The van der Waals surface area contributed by atoms with Crippen LogP contribution >= 0.6 is 24.0 Å². The third-order valence-corrected chi connectivity index (χ3v) is 6.41. The molecule has 1 heterocycles. The molecule has 0 aliphatic heterocycles. The second-order valence-corrected chi connectivity index (χ2v) is 8.60. The molecule has 0 saturated heterocycles. The van der Waals surface area contributed by atoms with Gasteiger partial charge in [-0.1, -0.05) is 60.2 Å². The third-order valence-electron chi connectivity index (χ3n) is 4.45. The molecule has 162 valence electrons. The summed E-state index contributed by atoms with van der Waals surface area (Å²) in [7, 11) is -2.23. The first-order valence-corrected chi connectivity index (χ1v) is 11.0. The van der Waals surface area contributed by atoms with E-state index in [0.29, 0.717) is 27.6 Å². The highest BCUT2D eigenvalue weighted by Gasteiger charge is 2.25. The summed E-state index contributed by atoms with van der Waals surface area (Å²) >= 11 is 6.14. The van der Waals surface area contributed by atoms with Crippen molar-refractivity contribution in [1.29, 1.82) is 0 Å². The maximum absolute atomic E-state index is 13.1. The van der Waals surface area contributed by atoms with Gasteiger partial charge in [-0.3, -0.25) is 9.71 Å². The van der Waals surface area contributed by atoms with Crippen LogP contribution in [-0.2, 0) is 10.0 Å². The number of nitrogens with zero attached hydrogens (tertiary/aromatic N) is 1. The molecule has 0 aliphatic rings. The van der Waals surface area contributed by atoms with Gasteiger partial charge in [0.2, 0.25) is 10.0 Å². The molecule has 1 unspecified atom stereocenters. The van der Waals surface area contributed by atoms with Gasteiger partial charge in [0, 0.05) is 12.4 Å². The monoisotopic (exact) mass is 476 g/mol. The summed E-state index contributed by atoms with van der Waals surface area (Å²) < 4.78 is 34.0. The second kappa shape index (κ2) is 11.0. The van der Waals surface area contributed by atoms with Crippen molar-refractivity contribution in [3.05, 3.63) is 101 Å². The number of methoxy groups -OCH3 is 1. The van der Waals surface area contributed by atoms with Crippen LogP contribution in [0.3, 0.4) is 0 Å². The summed E-state index contributed by atoms with van der Waals surface area (Å²) in [6, 6.07) is 15.8. The standard InChI is InChI=1S/C23H21ClN2O3S.ClH/c1-3-23(19-10-12-20(29-2)13-11-19)30(27,28)26-22-7-5-4-6-18(22)9-8-17-14-15-25-16-21(17)24;/h3-16,23,26H,1H2,2H3;1H. The van der Waals surface area contributed by atoms with Gasteiger partial charge < -0.3 is 4.74 Å². The average Bonchev–Trinajstić information content (AvgIpc) is 2.74. The lowest BCUT2D eigenvalue weighted by atomic mass is 10.1. The Bertz CT molecular complexity index is 1160. The van der Waals surface area contributed by atoms with Crippen molar-refractivity contribution >= 4 is 51.9 Å². The summed E-state index contributed by atoms with van der Waals surface area (Å²) in [4.78, 5) is 3.96. The molecule has 1 atom stereocenters. The fourth-order valence-electron chi connectivity index (χ4n) is 2.89. The number of ether oxygens (including phenoxy) is 1. The molecule has 0 spiro atoms. The first kappa shape index (κ1) is 24.5. The minimum atomic E-state index is -3.79. The number of nitrogens with one attached hydrogen (secondary N) is 1. The number of aromatic nitrogens is 1. The van der Waals surface area contributed by atoms with Crippen molar-refractivity contribution in [2.45, 2.75) is 5.25 Å². The molecule has 0 radical (unpaired) electrons. The molecular weight excluding hydrogens is 455 g/mol. The van der Waals surface area contributed by atoms with Gasteiger partial charge in [0.05, 0.1) is 17.8 Å². The van der Waals surface area contributed by atoms with E-state index in [-0.39, 0.29) is 12.4 Å². The van der Waals surface area contributed by atoms with Crippen molar-refractivity contribution < 1.29 is 13.2 Å². The highest BCUT2D eigenvalue weighted by molar-refractivity contribution is 7.93. The molecule has 31 heavy (non-hydrogen) atoms. The summed E-state index contributed by atoms with van der Waals surface area (Å²) in [6.07, 6.45) is 8.21. The lowest BCUT2D eigenvalue weighted by molar-refractivity contribution is 0.414. The Morgan fingerprint density at radius 2 is 1.74 bits per heavy atom. The molecule has 0 bridgehead atoms. The lowest BCUT2D eigenvalue weighted by Gasteiger charge is -2.17. The molecule has 0 saturated carbocycles. The smallest absolute Gasteiger partial charge is 0.243 e. The van der Waals surface area contributed by atoms with Gasteiger partial charge in [-0.05, 0) is 41.0 Å². The molecule has 8 heteroatoms. The fraction of sp³-hybridized carbons (Fsp3) is 0.0870.